The zero-order chi connectivity index (χ0) is 19.4. The minimum atomic E-state index is -0.966. The lowest BCUT2D eigenvalue weighted by Crippen LogP contribution is -2.40. The molecule has 0 radical (unpaired) electrons. The second-order valence-corrected chi connectivity index (χ2v) is 7.82. The first kappa shape index (κ1) is 20.2. The first-order valence-electron chi connectivity index (χ1n) is 9.66. The molecule has 2 heterocycles. The third-order valence-corrected chi connectivity index (χ3v) is 5.99. The van der Waals surface area contributed by atoms with Crippen molar-refractivity contribution in [1.82, 2.24) is 9.80 Å². The van der Waals surface area contributed by atoms with Gasteiger partial charge in [-0.05, 0) is 43.8 Å². The van der Waals surface area contributed by atoms with E-state index in [2.05, 4.69) is 4.90 Å². The predicted octanol–water partition coefficient (Wildman–Crippen LogP) is 1.28. The highest BCUT2D eigenvalue weighted by molar-refractivity contribution is 5.79. The van der Waals surface area contributed by atoms with Crippen molar-refractivity contribution in [1.29, 1.82) is 0 Å². The van der Waals surface area contributed by atoms with E-state index in [-0.39, 0.29) is 42.9 Å². The van der Waals surface area contributed by atoms with Crippen LogP contribution in [0.15, 0.2) is 18.2 Å². The van der Waals surface area contributed by atoms with Crippen LogP contribution in [0.3, 0.4) is 0 Å². The van der Waals surface area contributed by atoms with E-state index in [1.807, 2.05) is 0 Å². The zero-order valence-corrected chi connectivity index (χ0v) is 15.5. The number of halogens is 2. The van der Waals surface area contributed by atoms with Crippen molar-refractivity contribution in [3.8, 4) is 0 Å². The van der Waals surface area contributed by atoms with Crippen LogP contribution in [0.25, 0.3) is 0 Å². The summed E-state index contributed by atoms with van der Waals surface area (Å²) in [5, 5.41) is 19.0. The minimum Gasteiger partial charge on any atom is -0.396 e. The highest BCUT2D eigenvalue weighted by Gasteiger charge is 2.36. The normalized spacial score (nSPS) is 24.5. The fourth-order valence-corrected chi connectivity index (χ4v) is 4.20. The van der Waals surface area contributed by atoms with Gasteiger partial charge in [-0.25, -0.2) is 8.78 Å². The van der Waals surface area contributed by atoms with Crippen molar-refractivity contribution < 1.29 is 23.8 Å². The Hall–Kier alpha value is -1.57. The quantitative estimate of drug-likeness (QED) is 0.778. The number of nitrogens with zero attached hydrogens (tertiary/aromatic N) is 2. The van der Waals surface area contributed by atoms with Crippen LogP contribution in [0.4, 0.5) is 8.78 Å². The van der Waals surface area contributed by atoms with Crippen LogP contribution in [0.1, 0.15) is 18.4 Å². The number of carbonyl (C=O) groups excluding carboxylic acids is 1. The summed E-state index contributed by atoms with van der Waals surface area (Å²) in [6, 6.07) is 3.87. The molecule has 2 aliphatic heterocycles. The summed E-state index contributed by atoms with van der Waals surface area (Å²) in [6.07, 6.45) is 1.76. The fraction of sp³-hybridized carbons (Fsp3) is 0.650. The molecule has 2 aliphatic rings. The number of benzene rings is 1. The number of aliphatic hydroxyl groups is 2. The molecule has 0 bridgehead atoms. The second kappa shape index (κ2) is 9.08. The molecular weight excluding hydrogens is 354 g/mol. The summed E-state index contributed by atoms with van der Waals surface area (Å²) in [5.41, 5.74) is 0.0649. The van der Waals surface area contributed by atoms with E-state index in [9.17, 15) is 23.8 Å². The lowest BCUT2D eigenvalue weighted by Gasteiger charge is -2.33. The van der Waals surface area contributed by atoms with Gasteiger partial charge >= 0.3 is 0 Å². The van der Waals surface area contributed by atoms with E-state index in [1.165, 1.54) is 12.1 Å². The lowest BCUT2D eigenvalue weighted by molar-refractivity contribution is -0.129. The number of hydrogen-bond donors (Lipinski definition) is 2. The molecule has 3 rings (SSSR count). The Bertz CT molecular complexity index is 650. The zero-order valence-electron chi connectivity index (χ0n) is 15.5. The van der Waals surface area contributed by atoms with E-state index in [0.717, 1.165) is 38.5 Å². The number of likely N-dealkylation sites (tertiary alicyclic amines) is 2. The van der Waals surface area contributed by atoms with Crippen LogP contribution in [0, 0.1) is 29.4 Å². The number of amides is 1. The average Bonchev–Trinajstić information content (AvgIpc) is 3.09. The Morgan fingerprint density at radius 3 is 2.44 bits per heavy atom. The van der Waals surface area contributed by atoms with Gasteiger partial charge in [-0.3, -0.25) is 4.79 Å². The van der Waals surface area contributed by atoms with Gasteiger partial charge in [0.2, 0.25) is 5.91 Å². The van der Waals surface area contributed by atoms with Crippen molar-refractivity contribution in [3.63, 3.8) is 0 Å². The van der Waals surface area contributed by atoms with Gasteiger partial charge < -0.3 is 20.0 Å². The third-order valence-electron chi connectivity index (χ3n) is 5.99. The first-order chi connectivity index (χ1) is 13.0. The number of carbonyl (C=O) groups is 1. The molecule has 7 heteroatoms. The Morgan fingerprint density at radius 1 is 1.07 bits per heavy atom. The van der Waals surface area contributed by atoms with Gasteiger partial charge in [0.25, 0.3) is 0 Å². The number of piperidine rings is 1. The van der Waals surface area contributed by atoms with Crippen LogP contribution in [-0.4, -0.2) is 71.9 Å². The maximum Gasteiger partial charge on any atom is 0.227 e. The Morgan fingerprint density at radius 2 is 1.78 bits per heavy atom. The standard InChI is InChI=1S/C20H28F2N2O3/c21-18-3-1-2-15(20(18)22)8-19(27)24-10-16(17(11-24)13-26)9-23-6-4-14(12-25)5-7-23/h1-3,14,16-17,25-26H,4-13H2/t16-,17-/m1/s1. The summed E-state index contributed by atoms with van der Waals surface area (Å²) in [7, 11) is 0. The van der Waals surface area contributed by atoms with Crippen LogP contribution in [0.2, 0.25) is 0 Å². The van der Waals surface area contributed by atoms with Gasteiger partial charge in [0.1, 0.15) is 0 Å². The van der Waals surface area contributed by atoms with Crippen LogP contribution < -0.4 is 0 Å². The minimum absolute atomic E-state index is 0.00173. The molecule has 2 N–H and O–H groups in total. The monoisotopic (exact) mass is 382 g/mol. The maximum atomic E-state index is 13.8. The lowest BCUT2D eigenvalue weighted by atomic mass is 9.93. The van der Waals surface area contributed by atoms with Crippen molar-refractivity contribution in [3.05, 3.63) is 35.4 Å². The van der Waals surface area contributed by atoms with Crippen molar-refractivity contribution >= 4 is 5.91 Å². The molecule has 2 atom stereocenters. The largest absolute Gasteiger partial charge is 0.396 e. The topological polar surface area (TPSA) is 64.0 Å². The van der Waals surface area contributed by atoms with E-state index >= 15 is 0 Å². The molecule has 1 amide bonds. The summed E-state index contributed by atoms with van der Waals surface area (Å²) in [4.78, 5) is 16.6. The van der Waals surface area contributed by atoms with E-state index in [1.54, 1.807) is 4.90 Å². The fourth-order valence-electron chi connectivity index (χ4n) is 4.20. The Balaban J connectivity index is 1.57. The number of hydrogen-bond acceptors (Lipinski definition) is 4. The van der Waals surface area contributed by atoms with Crippen molar-refractivity contribution in [2.75, 3.05) is 45.9 Å². The van der Waals surface area contributed by atoms with Gasteiger partial charge in [0.15, 0.2) is 11.6 Å². The molecule has 150 valence electrons. The van der Waals surface area contributed by atoms with E-state index in [4.69, 9.17) is 0 Å². The molecule has 0 aromatic heterocycles. The second-order valence-electron chi connectivity index (χ2n) is 7.82. The molecule has 2 saturated heterocycles. The predicted molar refractivity (Wildman–Crippen MR) is 97.0 cm³/mol. The van der Waals surface area contributed by atoms with Gasteiger partial charge in [0, 0.05) is 44.3 Å². The SMILES string of the molecule is O=C(Cc1cccc(F)c1F)N1C[C@@H](CN2CCC(CO)CC2)[C@@H](CO)C1. The molecule has 0 saturated carbocycles. The Labute approximate surface area is 158 Å². The highest BCUT2D eigenvalue weighted by atomic mass is 19.2. The molecule has 1 aromatic carbocycles. The first-order valence-corrected chi connectivity index (χ1v) is 9.66. The molecule has 2 fully saturated rings. The van der Waals surface area contributed by atoms with Gasteiger partial charge in [-0.15, -0.1) is 0 Å². The van der Waals surface area contributed by atoms with Gasteiger partial charge in [-0.1, -0.05) is 12.1 Å². The molecule has 27 heavy (non-hydrogen) atoms. The molecule has 5 nitrogen and oxygen atoms in total. The summed E-state index contributed by atoms with van der Waals surface area (Å²) >= 11 is 0. The van der Waals surface area contributed by atoms with Crippen molar-refractivity contribution in [2.45, 2.75) is 19.3 Å². The molecular formula is C20H28F2N2O3. The molecule has 1 aromatic rings. The molecule has 0 aliphatic carbocycles. The van der Waals surface area contributed by atoms with Crippen molar-refractivity contribution in [2.24, 2.45) is 17.8 Å². The third kappa shape index (κ3) is 4.83. The Kier molecular flexibility index (Phi) is 6.78. The smallest absolute Gasteiger partial charge is 0.227 e. The summed E-state index contributed by atoms with van der Waals surface area (Å²) < 4.78 is 27.2. The van der Waals surface area contributed by atoms with Crippen LogP contribution in [-0.2, 0) is 11.2 Å². The molecule has 0 unspecified atom stereocenters. The molecule has 0 spiro atoms. The maximum absolute atomic E-state index is 13.8. The van der Waals surface area contributed by atoms with Crippen LogP contribution in [0.5, 0.6) is 0 Å². The highest BCUT2D eigenvalue weighted by Crippen LogP contribution is 2.27. The van der Waals surface area contributed by atoms with Gasteiger partial charge in [-0.2, -0.15) is 0 Å². The van der Waals surface area contributed by atoms with E-state index in [0.29, 0.717) is 19.0 Å². The van der Waals surface area contributed by atoms with E-state index < -0.39 is 11.6 Å². The van der Waals surface area contributed by atoms with Gasteiger partial charge in [0.05, 0.1) is 6.42 Å². The number of rotatable bonds is 6. The summed E-state index contributed by atoms with van der Waals surface area (Å²) in [6.45, 7) is 3.86. The van der Waals surface area contributed by atoms with Crippen LogP contribution >= 0.6 is 0 Å². The summed E-state index contributed by atoms with van der Waals surface area (Å²) in [5.74, 6) is -1.60. The number of aliphatic hydroxyl groups excluding tert-OH is 2. The average molecular weight is 382 g/mol.